The fourth-order valence-electron chi connectivity index (χ4n) is 2.61. The number of halogens is 1. The Morgan fingerprint density at radius 2 is 1.95 bits per heavy atom. The van der Waals surface area contributed by atoms with Gasteiger partial charge in [-0.15, -0.1) is 0 Å². The van der Waals surface area contributed by atoms with Crippen molar-refractivity contribution in [3.05, 3.63) is 28.8 Å². The van der Waals surface area contributed by atoms with Crippen LogP contribution in [0.5, 0.6) is 0 Å². The molecule has 0 aromatic heterocycles. The van der Waals surface area contributed by atoms with Crippen molar-refractivity contribution in [1.82, 2.24) is 5.32 Å². The predicted octanol–water partition coefficient (Wildman–Crippen LogP) is 3.23. The summed E-state index contributed by atoms with van der Waals surface area (Å²) in [5.74, 6) is 0. The average Bonchev–Trinajstić information content (AvgIpc) is 2.36. The highest BCUT2D eigenvalue weighted by atomic mass is 35.5. The second-order valence-corrected chi connectivity index (χ2v) is 5.79. The van der Waals surface area contributed by atoms with E-state index in [4.69, 9.17) is 16.3 Å². The second kappa shape index (κ2) is 6.12. The zero-order chi connectivity index (χ0) is 14.0. The van der Waals surface area contributed by atoms with Crippen molar-refractivity contribution in [1.29, 1.82) is 0 Å². The number of hydrogen-bond donors (Lipinski definition) is 1. The minimum absolute atomic E-state index is 0.262. The molecule has 0 amide bonds. The summed E-state index contributed by atoms with van der Waals surface area (Å²) in [6, 6.07) is 6.60. The zero-order valence-electron chi connectivity index (χ0n) is 12.1. The van der Waals surface area contributed by atoms with Crippen LogP contribution in [0, 0.1) is 0 Å². The van der Waals surface area contributed by atoms with E-state index < -0.39 is 0 Å². The molecule has 4 heteroatoms. The summed E-state index contributed by atoms with van der Waals surface area (Å²) in [6.45, 7) is 8.17. The highest BCUT2D eigenvalue weighted by Crippen LogP contribution is 2.29. The van der Waals surface area contributed by atoms with Crippen molar-refractivity contribution in [2.45, 2.75) is 39.0 Å². The number of ether oxygens (including phenoxy) is 1. The molecule has 0 aliphatic carbocycles. The van der Waals surface area contributed by atoms with Crippen LogP contribution >= 0.6 is 11.6 Å². The Hall–Kier alpha value is -0.770. The summed E-state index contributed by atoms with van der Waals surface area (Å²) in [7, 11) is 1.94. The van der Waals surface area contributed by atoms with Crippen LogP contribution in [0.4, 0.5) is 5.69 Å². The number of nitrogens with one attached hydrogen (secondary N) is 1. The van der Waals surface area contributed by atoms with Crippen molar-refractivity contribution in [2.24, 2.45) is 0 Å². The summed E-state index contributed by atoms with van der Waals surface area (Å²) in [5, 5.41) is 4.04. The van der Waals surface area contributed by atoms with E-state index in [-0.39, 0.29) is 18.2 Å². The van der Waals surface area contributed by atoms with Gasteiger partial charge in [-0.2, -0.15) is 0 Å². The average molecular weight is 283 g/mol. The molecule has 1 saturated heterocycles. The van der Waals surface area contributed by atoms with Gasteiger partial charge in [-0.25, -0.2) is 0 Å². The molecule has 0 radical (unpaired) electrons. The first-order valence-electron chi connectivity index (χ1n) is 6.88. The van der Waals surface area contributed by atoms with Crippen molar-refractivity contribution in [3.8, 4) is 0 Å². The summed E-state index contributed by atoms with van der Waals surface area (Å²) in [5.41, 5.74) is 2.32. The van der Waals surface area contributed by atoms with Gasteiger partial charge in [-0.05, 0) is 45.5 Å². The molecule has 1 aromatic carbocycles. The third-order valence-electron chi connectivity index (χ3n) is 3.67. The lowest BCUT2D eigenvalue weighted by molar-refractivity contribution is -0.00521. The lowest BCUT2D eigenvalue weighted by Gasteiger charge is -2.37. The number of nitrogens with zero attached hydrogens (tertiary/aromatic N) is 1. The molecule has 1 aliphatic heterocycles. The van der Waals surface area contributed by atoms with Crippen LogP contribution in [0.25, 0.3) is 0 Å². The number of benzene rings is 1. The van der Waals surface area contributed by atoms with Crippen molar-refractivity contribution >= 4 is 17.3 Å². The molecular weight excluding hydrogens is 260 g/mol. The Morgan fingerprint density at radius 1 is 1.32 bits per heavy atom. The lowest BCUT2D eigenvalue weighted by Crippen LogP contribution is -2.45. The molecule has 1 aliphatic rings. The summed E-state index contributed by atoms with van der Waals surface area (Å²) in [4.78, 5) is 2.35. The second-order valence-electron chi connectivity index (χ2n) is 5.38. The summed E-state index contributed by atoms with van der Waals surface area (Å²) >= 11 is 6.40. The van der Waals surface area contributed by atoms with Crippen LogP contribution in [-0.2, 0) is 4.74 Å². The first-order chi connectivity index (χ1) is 9.01. The molecule has 3 nitrogen and oxygen atoms in total. The van der Waals surface area contributed by atoms with E-state index >= 15 is 0 Å². The molecule has 3 unspecified atom stereocenters. The lowest BCUT2D eigenvalue weighted by atomic mass is 10.1. The fourth-order valence-corrected chi connectivity index (χ4v) is 2.95. The van der Waals surface area contributed by atoms with Crippen LogP contribution in [-0.4, -0.2) is 32.3 Å². The molecule has 1 aromatic rings. The molecule has 1 N–H and O–H groups in total. The number of hydrogen-bond acceptors (Lipinski definition) is 3. The van der Waals surface area contributed by atoms with Crippen LogP contribution in [0.3, 0.4) is 0 Å². The normalized spacial score (nSPS) is 25.4. The first-order valence-corrected chi connectivity index (χ1v) is 7.26. The van der Waals surface area contributed by atoms with Crippen LogP contribution in [0.1, 0.15) is 32.4 Å². The summed E-state index contributed by atoms with van der Waals surface area (Å²) < 4.78 is 5.76. The number of anilines is 1. The third kappa shape index (κ3) is 3.41. The Labute approximate surface area is 120 Å². The van der Waals surface area contributed by atoms with Gasteiger partial charge in [0, 0.05) is 29.8 Å². The van der Waals surface area contributed by atoms with E-state index in [1.54, 1.807) is 0 Å². The van der Waals surface area contributed by atoms with Gasteiger partial charge in [0.25, 0.3) is 0 Å². The fraction of sp³-hybridized carbons (Fsp3) is 0.600. The van der Waals surface area contributed by atoms with Crippen LogP contribution < -0.4 is 10.2 Å². The van der Waals surface area contributed by atoms with Crippen molar-refractivity contribution in [2.75, 3.05) is 25.0 Å². The van der Waals surface area contributed by atoms with Gasteiger partial charge in [0.1, 0.15) is 0 Å². The molecule has 0 saturated carbocycles. The van der Waals surface area contributed by atoms with E-state index in [9.17, 15) is 0 Å². The standard InChI is InChI=1S/C15H23ClN2O/c1-10-8-18(9-11(2)19-10)13-5-6-14(12(3)17-4)15(16)7-13/h5-7,10-12,17H,8-9H2,1-4H3. The SMILES string of the molecule is CNC(C)c1ccc(N2CC(C)OC(C)C2)cc1Cl. The Kier molecular flexibility index (Phi) is 4.71. The Bertz CT molecular complexity index is 428. The van der Waals surface area contributed by atoms with Crippen LogP contribution in [0.15, 0.2) is 18.2 Å². The molecule has 0 bridgehead atoms. The smallest absolute Gasteiger partial charge is 0.0726 e. The molecule has 19 heavy (non-hydrogen) atoms. The minimum Gasteiger partial charge on any atom is -0.372 e. The van der Waals surface area contributed by atoms with E-state index in [0.717, 1.165) is 23.7 Å². The van der Waals surface area contributed by atoms with Crippen LogP contribution in [0.2, 0.25) is 5.02 Å². The van der Waals surface area contributed by atoms with E-state index in [0.29, 0.717) is 0 Å². The largest absolute Gasteiger partial charge is 0.372 e. The Morgan fingerprint density at radius 3 is 2.47 bits per heavy atom. The first kappa shape index (κ1) is 14.6. The van der Waals surface area contributed by atoms with Gasteiger partial charge in [-0.1, -0.05) is 17.7 Å². The van der Waals surface area contributed by atoms with Gasteiger partial charge in [0.2, 0.25) is 0 Å². The molecule has 1 fully saturated rings. The maximum absolute atomic E-state index is 6.40. The molecule has 1 heterocycles. The molecule has 106 valence electrons. The minimum atomic E-state index is 0.262. The van der Waals surface area contributed by atoms with Gasteiger partial charge >= 0.3 is 0 Å². The van der Waals surface area contributed by atoms with E-state index in [2.05, 4.69) is 49.2 Å². The quantitative estimate of drug-likeness (QED) is 0.921. The van der Waals surface area contributed by atoms with Gasteiger partial charge in [0.15, 0.2) is 0 Å². The topological polar surface area (TPSA) is 24.5 Å². The highest BCUT2D eigenvalue weighted by Gasteiger charge is 2.23. The number of rotatable bonds is 3. The molecule has 2 rings (SSSR count). The maximum atomic E-state index is 6.40. The van der Waals surface area contributed by atoms with Gasteiger partial charge in [-0.3, -0.25) is 0 Å². The summed E-state index contributed by atoms with van der Waals surface area (Å²) in [6.07, 6.45) is 0.525. The molecule has 0 spiro atoms. The monoisotopic (exact) mass is 282 g/mol. The zero-order valence-corrected chi connectivity index (χ0v) is 12.9. The van der Waals surface area contributed by atoms with Gasteiger partial charge in [0.05, 0.1) is 12.2 Å². The number of morpholine rings is 1. The Balaban J connectivity index is 2.19. The van der Waals surface area contributed by atoms with Crippen molar-refractivity contribution < 1.29 is 4.74 Å². The molecular formula is C15H23ClN2O. The molecule has 3 atom stereocenters. The third-order valence-corrected chi connectivity index (χ3v) is 4.00. The van der Waals surface area contributed by atoms with E-state index in [1.165, 1.54) is 5.69 Å². The predicted molar refractivity (Wildman–Crippen MR) is 81.1 cm³/mol. The van der Waals surface area contributed by atoms with E-state index in [1.807, 2.05) is 7.05 Å². The maximum Gasteiger partial charge on any atom is 0.0726 e. The van der Waals surface area contributed by atoms with Gasteiger partial charge < -0.3 is 15.0 Å². The van der Waals surface area contributed by atoms with Crippen molar-refractivity contribution in [3.63, 3.8) is 0 Å². The highest BCUT2D eigenvalue weighted by molar-refractivity contribution is 6.31.